The molecule has 1 aromatic heterocycles. The van der Waals surface area contributed by atoms with Crippen molar-refractivity contribution in [3.8, 4) is 23.8 Å². The molecule has 1 aliphatic rings. The van der Waals surface area contributed by atoms with Gasteiger partial charge in [0.15, 0.2) is 16.3 Å². The van der Waals surface area contributed by atoms with E-state index in [1.165, 1.54) is 11.3 Å². The first kappa shape index (κ1) is 17.7. The molecule has 0 unspecified atom stereocenters. The van der Waals surface area contributed by atoms with Crippen LogP contribution in [-0.4, -0.2) is 23.7 Å². The van der Waals surface area contributed by atoms with Crippen molar-refractivity contribution in [3.63, 3.8) is 0 Å². The highest BCUT2D eigenvalue weighted by Gasteiger charge is 2.16. The highest BCUT2D eigenvalue weighted by atomic mass is 35.5. The number of aromatic nitrogens is 1. The van der Waals surface area contributed by atoms with E-state index in [-0.39, 0.29) is 12.3 Å². The molecular weight excluding hydrogens is 384 g/mol. The van der Waals surface area contributed by atoms with Crippen molar-refractivity contribution in [3.05, 3.63) is 51.8 Å². The smallest absolute Gasteiger partial charge is 0.252 e. The van der Waals surface area contributed by atoms with Gasteiger partial charge in [0.25, 0.3) is 5.91 Å². The first-order chi connectivity index (χ1) is 13.1. The van der Waals surface area contributed by atoms with Gasteiger partial charge in [-0.25, -0.2) is 0 Å². The molecule has 0 spiro atoms. The summed E-state index contributed by atoms with van der Waals surface area (Å²) in [5.74, 6) is 3.75. The third-order valence-electron chi connectivity index (χ3n) is 4.09. The van der Waals surface area contributed by atoms with Crippen molar-refractivity contribution in [2.45, 2.75) is 13.0 Å². The van der Waals surface area contributed by atoms with E-state index in [1.807, 2.05) is 28.8 Å². The molecule has 4 rings (SSSR count). The van der Waals surface area contributed by atoms with Crippen LogP contribution in [0.5, 0.6) is 11.5 Å². The third-order valence-corrected chi connectivity index (χ3v) is 5.38. The maximum absolute atomic E-state index is 12.4. The van der Waals surface area contributed by atoms with Crippen LogP contribution in [0.1, 0.15) is 5.56 Å². The van der Waals surface area contributed by atoms with Crippen LogP contribution in [0.3, 0.4) is 0 Å². The fraction of sp³-hybridized carbons (Fsp3) is 0.200. The number of terminal acetylenes is 1. The lowest BCUT2D eigenvalue weighted by atomic mass is 10.1. The molecule has 0 atom stereocenters. The summed E-state index contributed by atoms with van der Waals surface area (Å²) in [7, 11) is 0. The molecule has 0 saturated carbocycles. The Kier molecular flexibility index (Phi) is 4.88. The summed E-state index contributed by atoms with van der Waals surface area (Å²) in [5.41, 5.74) is 1.73. The van der Waals surface area contributed by atoms with Gasteiger partial charge in [0.1, 0.15) is 13.2 Å². The van der Waals surface area contributed by atoms with E-state index in [9.17, 15) is 4.79 Å². The fourth-order valence-corrected chi connectivity index (χ4v) is 4.04. The van der Waals surface area contributed by atoms with E-state index in [2.05, 4.69) is 10.9 Å². The molecule has 136 valence electrons. The number of ether oxygens (including phenoxy) is 2. The number of benzene rings is 2. The van der Waals surface area contributed by atoms with Gasteiger partial charge in [-0.05, 0) is 17.7 Å². The first-order valence-electron chi connectivity index (χ1n) is 8.32. The van der Waals surface area contributed by atoms with E-state index in [0.717, 1.165) is 15.8 Å². The van der Waals surface area contributed by atoms with Crippen molar-refractivity contribution in [1.82, 2.24) is 4.57 Å². The average Bonchev–Trinajstić information content (AvgIpc) is 2.98. The topological polar surface area (TPSA) is 52.8 Å². The number of thiazole rings is 1. The first-order valence-corrected chi connectivity index (χ1v) is 9.52. The Balaban J connectivity index is 1.74. The van der Waals surface area contributed by atoms with Crippen molar-refractivity contribution in [1.29, 1.82) is 0 Å². The molecule has 0 aliphatic carbocycles. The molecule has 0 saturated heterocycles. The number of nitrogens with zero attached hydrogens (tertiary/aromatic N) is 2. The highest BCUT2D eigenvalue weighted by molar-refractivity contribution is 7.16. The SMILES string of the molecule is C#CCn1c(=NC(=O)Cc2ccc(Cl)cc2)sc2cc3c(cc21)OCCO3. The lowest BCUT2D eigenvalue weighted by Crippen LogP contribution is -2.17. The van der Waals surface area contributed by atoms with Crippen LogP contribution in [0.2, 0.25) is 5.02 Å². The number of amides is 1. The van der Waals surface area contributed by atoms with Crippen molar-refractivity contribution >= 4 is 39.1 Å². The second-order valence-corrected chi connectivity index (χ2v) is 7.39. The van der Waals surface area contributed by atoms with Crippen LogP contribution in [-0.2, 0) is 17.8 Å². The van der Waals surface area contributed by atoms with Crippen LogP contribution >= 0.6 is 22.9 Å². The van der Waals surface area contributed by atoms with Gasteiger partial charge in [-0.15, -0.1) is 6.42 Å². The molecule has 0 N–H and O–H groups in total. The Morgan fingerprint density at radius 2 is 1.93 bits per heavy atom. The van der Waals surface area contributed by atoms with Crippen molar-refractivity contribution in [2.75, 3.05) is 13.2 Å². The molecule has 0 bridgehead atoms. The number of halogens is 1. The van der Waals surface area contributed by atoms with Crippen LogP contribution in [0.15, 0.2) is 41.4 Å². The molecular formula is C20H15ClN2O3S. The fourth-order valence-electron chi connectivity index (χ4n) is 2.86. The molecule has 5 nitrogen and oxygen atoms in total. The molecule has 1 aliphatic heterocycles. The largest absolute Gasteiger partial charge is 0.486 e. The predicted molar refractivity (Wildman–Crippen MR) is 105 cm³/mol. The van der Waals surface area contributed by atoms with Gasteiger partial charge in [-0.1, -0.05) is 41.0 Å². The van der Waals surface area contributed by atoms with Crippen LogP contribution in [0, 0.1) is 12.3 Å². The molecule has 27 heavy (non-hydrogen) atoms. The van der Waals surface area contributed by atoms with Crippen LogP contribution in [0.4, 0.5) is 0 Å². The highest BCUT2D eigenvalue weighted by Crippen LogP contribution is 2.35. The monoisotopic (exact) mass is 398 g/mol. The van der Waals surface area contributed by atoms with E-state index in [0.29, 0.717) is 41.1 Å². The van der Waals surface area contributed by atoms with E-state index in [1.54, 1.807) is 12.1 Å². The quantitative estimate of drug-likeness (QED) is 0.635. The van der Waals surface area contributed by atoms with Crippen molar-refractivity contribution < 1.29 is 14.3 Å². The summed E-state index contributed by atoms with van der Waals surface area (Å²) in [4.78, 5) is 17.3. The van der Waals surface area contributed by atoms with Gasteiger partial charge in [-0.3, -0.25) is 4.79 Å². The summed E-state index contributed by atoms with van der Waals surface area (Å²) in [6, 6.07) is 10.9. The van der Waals surface area contributed by atoms with Crippen LogP contribution < -0.4 is 14.3 Å². The normalized spacial score (nSPS) is 13.6. The lowest BCUT2D eigenvalue weighted by molar-refractivity contribution is -0.117. The molecule has 0 radical (unpaired) electrons. The molecule has 2 heterocycles. The number of hydrogen-bond acceptors (Lipinski definition) is 4. The van der Waals surface area contributed by atoms with E-state index in [4.69, 9.17) is 27.5 Å². The van der Waals surface area contributed by atoms with Gasteiger partial charge in [0.05, 0.1) is 23.2 Å². The minimum Gasteiger partial charge on any atom is -0.486 e. The standard InChI is InChI=1S/C20H15ClN2O3S/c1-2-7-23-15-11-16-17(26-9-8-25-16)12-18(15)27-20(23)22-19(24)10-13-3-5-14(21)6-4-13/h1,3-6,11-12H,7-10H2. The molecule has 2 aromatic carbocycles. The summed E-state index contributed by atoms with van der Waals surface area (Å²) < 4.78 is 14.1. The minimum atomic E-state index is -0.244. The third kappa shape index (κ3) is 3.70. The Morgan fingerprint density at radius 3 is 2.63 bits per heavy atom. The van der Waals surface area contributed by atoms with Gasteiger partial charge < -0.3 is 14.0 Å². The van der Waals surface area contributed by atoms with E-state index < -0.39 is 0 Å². The summed E-state index contributed by atoms with van der Waals surface area (Å²) in [6.45, 7) is 1.34. The number of carbonyl (C=O) groups is 1. The Labute approximate surface area is 164 Å². The molecule has 1 amide bonds. The Bertz CT molecular complexity index is 1120. The number of hydrogen-bond donors (Lipinski definition) is 0. The molecule has 0 fully saturated rings. The zero-order valence-corrected chi connectivity index (χ0v) is 15.8. The zero-order valence-electron chi connectivity index (χ0n) is 14.3. The van der Waals surface area contributed by atoms with Crippen LogP contribution in [0.25, 0.3) is 10.2 Å². The number of carbonyl (C=O) groups excluding carboxylic acids is 1. The van der Waals surface area contributed by atoms with Crippen molar-refractivity contribution in [2.24, 2.45) is 4.99 Å². The molecule has 3 aromatic rings. The van der Waals surface area contributed by atoms with E-state index >= 15 is 0 Å². The number of rotatable bonds is 3. The zero-order chi connectivity index (χ0) is 18.8. The molecule has 7 heteroatoms. The summed E-state index contributed by atoms with van der Waals surface area (Å²) >= 11 is 7.28. The minimum absolute atomic E-state index is 0.199. The average molecular weight is 399 g/mol. The number of fused-ring (bicyclic) bond motifs is 2. The second-order valence-electron chi connectivity index (χ2n) is 5.95. The predicted octanol–water partition coefficient (Wildman–Crippen LogP) is 3.43. The second kappa shape index (κ2) is 7.47. The van der Waals surface area contributed by atoms with Gasteiger partial charge in [0.2, 0.25) is 0 Å². The summed E-state index contributed by atoms with van der Waals surface area (Å²) in [5, 5.41) is 0.632. The maximum atomic E-state index is 12.4. The summed E-state index contributed by atoms with van der Waals surface area (Å²) in [6.07, 6.45) is 5.72. The van der Waals surface area contributed by atoms with Gasteiger partial charge in [-0.2, -0.15) is 4.99 Å². The lowest BCUT2D eigenvalue weighted by Gasteiger charge is -2.18. The Hall–Kier alpha value is -2.75. The Morgan fingerprint density at radius 1 is 1.22 bits per heavy atom. The maximum Gasteiger partial charge on any atom is 0.252 e. The van der Waals surface area contributed by atoms with Gasteiger partial charge >= 0.3 is 0 Å². The van der Waals surface area contributed by atoms with Gasteiger partial charge in [0, 0.05) is 17.2 Å².